The van der Waals surface area contributed by atoms with Crippen molar-refractivity contribution in [2.75, 3.05) is 14.1 Å². The van der Waals surface area contributed by atoms with E-state index >= 15 is 0 Å². The summed E-state index contributed by atoms with van der Waals surface area (Å²) in [5, 5.41) is 7.45. The minimum absolute atomic E-state index is 0.207. The van der Waals surface area contributed by atoms with E-state index in [0.29, 0.717) is 12.4 Å². The van der Waals surface area contributed by atoms with E-state index in [1.54, 1.807) is 19.0 Å². The summed E-state index contributed by atoms with van der Waals surface area (Å²) in [6, 6.07) is 13.4. The van der Waals surface area contributed by atoms with Crippen molar-refractivity contribution in [1.82, 2.24) is 9.91 Å². The van der Waals surface area contributed by atoms with Crippen LogP contribution in [0.25, 0.3) is 0 Å². The number of aliphatic imine (C=N–C) groups is 1. The SMILES string of the molecule is C=NC(=NN(C)C(=O)N(C)Cc1ccccc1)c1cccs1. The fourth-order valence-electron chi connectivity index (χ4n) is 1.92. The third kappa shape index (κ3) is 4.02. The molecule has 0 spiro atoms. The van der Waals surface area contributed by atoms with Crippen LogP contribution < -0.4 is 0 Å². The first-order chi connectivity index (χ1) is 10.6. The summed E-state index contributed by atoms with van der Waals surface area (Å²) < 4.78 is 0. The Balaban J connectivity index is 2.06. The average Bonchev–Trinajstić information content (AvgIpc) is 3.06. The largest absolute Gasteiger partial charge is 0.340 e. The van der Waals surface area contributed by atoms with Gasteiger partial charge in [0, 0.05) is 20.6 Å². The quantitative estimate of drug-likeness (QED) is 0.485. The van der Waals surface area contributed by atoms with Crippen LogP contribution in [0.2, 0.25) is 0 Å². The van der Waals surface area contributed by atoms with Crippen molar-refractivity contribution in [1.29, 1.82) is 0 Å². The highest BCUT2D eigenvalue weighted by Crippen LogP contribution is 2.12. The fourth-order valence-corrected chi connectivity index (χ4v) is 2.59. The molecule has 0 fully saturated rings. The number of urea groups is 1. The van der Waals surface area contributed by atoms with Crippen molar-refractivity contribution < 1.29 is 4.79 Å². The van der Waals surface area contributed by atoms with Gasteiger partial charge in [0.2, 0.25) is 0 Å². The van der Waals surface area contributed by atoms with E-state index in [1.165, 1.54) is 16.3 Å². The van der Waals surface area contributed by atoms with E-state index in [1.807, 2.05) is 47.8 Å². The lowest BCUT2D eigenvalue weighted by molar-refractivity contribution is 0.173. The fraction of sp³-hybridized carbons (Fsp3) is 0.188. The molecule has 2 rings (SSSR count). The zero-order valence-electron chi connectivity index (χ0n) is 12.6. The molecule has 1 aromatic heterocycles. The van der Waals surface area contributed by atoms with Crippen LogP contribution in [0.5, 0.6) is 0 Å². The van der Waals surface area contributed by atoms with Crippen LogP contribution >= 0.6 is 11.3 Å². The van der Waals surface area contributed by atoms with Crippen molar-refractivity contribution in [3.05, 3.63) is 58.3 Å². The maximum absolute atomic E-state index is 12.4. The summed E-state index contributed by atoms with van der Waals surface area (Å²) in [7, 11) is 3.36. The summed E-state index contributed by atoms with van der Waals surface area (Å²) >= 11 is 1.50. The molecule has 2 amide bonds. The molecule has 0 aliphatic heterocycles. The lowest BCUT2D eigenvalue weighted by Gasteiger charge is -2.21. The van der Waals surface area contributed by atoms with Gasteiger partial charge in [-0.15, -0.1) is 16.4 Å². The third-order valence-corrected chi connectivity index (χ3v) is 3.87. The van der Waals surface area contributed by atoms with Gasteiger partial charge in [-0.25, -0.2) is 14.8 Å². The number of benzene rings is 1. The Morgan fingerprint density at radius 3 is 2.50 bits per heavy atom. The van der Waals surface area contributed by atoms with Crippen LogP contribution in [0.4, 0.5) is 4.79 Å². The lowest BCUT2D eigenvalue weighted by Crippen LogP contribution is -2.36. The molecule has 22 heavy (non-hydrogen) atoms. The van der Waals surface area contributed by atoms with E-state index < -0.39 is 0 Å². The Kier molecular flexibility index (Phi) is 5.43. The lowest BCUT2D eigenvalue weighted by atomic mass is 10.2. The van der Waals surface area contributed by atoms with E-state index in [-0.39, 0.29) is 6.03 Å². The van der Waals surface area contributed by atoms with E-state index in [0.717, 1.165) is 10.4 Å². The van der Waals surface area contributed by atoms with Gasteiger partial charge in [-0.1, -0.05) is 36.4 Å². The number of carbonyl (C=O) groups is 1. The number of rotatable bonds is 4. The Bertz CT molecular complexity index is 652. The summed E-state index contributed by atoms with van der Waals surface area (Å²) in [4.78, 5) is 18.7. The molecule has 0 saturated carbocycles. The number of amidine groups is 1. The smallest absolute Gasteiger partial charge is 0.322 e. The molecule has 114 valence electrons. The highest BCUT2D eigenvalue weighted by Gasteiger charge is 2.15. The van der Waals surface area contributed by atoms with Gasteiger partial charge < -0.3 is 4.90 Å². The predicted molar refractivity (Wildman–Crippen MR) is 91.5 cm³/mol. The molecule has 0 aliphatic rings. The second kappa shape index (κ2) is 7.51. The zero-order chi connectivity index (χ0) is 15.9. The average molecular weight is 314 g/mol. The van der Waals surface area contributed by atoms with Gasteiger partial charge in [-0.05, 0) is 23.7 Å². The summed E-state index contributed by atoms with van der Waals surface area (Å²) in [5.41, 5.74) is 1.07. The molecule has 6 heteroatoms. The standard InChI is InChI=1S/C16H18N4OS/c1-17-15(14-10-7-11-22-14)18-20(3)16(21)19(2)12-13-8-5-4-6-9-13/h4-11H,1,12H2,2-3H3. The van der Waals surface area contributed by atoms with Crippen LogP contribution in [-0.2, 0) is 6.54 Å². The summed E-state index contributed by atoms with van der Waals surface area (Å²) in [6.45, 7) is 4.04. The minimum atomic E-state index is -0.207. The van der Waals surface area contributed by atoms with Crippen molar-refractivity contribution in [3.8, 4) is 0 Å². The second-order valence-corrected chi connectivity index (χ2v) is 5.65. The van der Waals surface area contributed by atoms with Crippen molar-refractivity contribution in [3.63, 3.8) is 0 Å². The Hall–Kier alpha value is -2.47. The van der Waals surface area contributed by atoms with Gasteiger partial charge in [0.15, 0.2) is 5.84 Å². The molecule has 1 aromatic carbocycles. The van der Waals surface area contributed by atoms with E-state index in [2.05, 4.69) is 16.8 Å². The number of hydrogen-bond donors (Lipinski definition) is 0. The van der Waals surface area contributed by atoms with Crippen LogP contribution in [0.3, 0.4) is 0 Å². The van der Waals surface area contributed by atoms with Gasteiger partial charge in [0.25, 0.3) is 0 Å². The number of hydrazone groups is 1. The molecule has 5 nitrogen and oxygen atoms in total. The Labute approximate surface area is 134 Å². The van der Waals surface area contributed by atoms with E-state index in [4.69, 9.17) is 0 Å². The second-order valence-electron chi connectivity index (χ2n) is 4.71. The Morgan fingerprint density at radius 1 is 1.18 bits per heavy atom. The Morgan fingerprint density at radius 2 is 1.91 bits per heavy atom. The zero-order valence-corrected chi connectivity index (χ0v) is 13.5. The van der Waals surface area contributed by atoms with Gasteiger partial charge in [0.05, 0.1) is 4.88 Å². The molecule has 0 saturated heterocycles. The summed E-state index contributed by atoms with van der Waals surface area (Å²) in [5.74, 6) is 0.443. The highest BCUT2D eigenvalue weighted by molar-refractivity contribution is 7.12. The van der Waals surface area contributed by atoms with Crippen LogP contribution in [0, 0.1) is 0 Å². The van der Waals surface area contributed by atoms with Crippen LogP contribution in [0.1, 0.15) is 10.4 Å². The normalized spacial score (nSPS) is 11.1. The highest BCUT2D eigenvalue weighted by atomic mass is 32.1. The number of amides is 2. The maximum atomic E-state index is 12.4. The van der Waals surface area contributed by atoms with Gasteiger partial charge >= 0.3 is 6.03 Å². The molecule has 0 unspecified atom stereocenters. The topological polar surface area (TPSA) is 48.3 Å². The first kappa shape index (κ1) is 15.9. The summed E-state index contributed by atoms with van der Waals surface area (Å²) in [6.07, 6.45) is 0. The molecule has 0 atom stereocenters. The molecular formula is C16H18N4OS. The molecule has 0 N–H and O–H groups in total. The van der Waals surface area contributed by atoms with Gasteiger partial charge in [0.1, 0.15) is 0 Å². The number of hydrogen-bond acceptors (Lipinski definition) is 3. The van der Waals surface area contributed by atoms with Crippen LogP contribution in [0.15, 0.2) is 57.9 Å². The molecule has 0 aliphatic carbocycles. The first-order valence-electron chi connectivity index (χ1n) is 6.73. The number of thiophene rings is 1. The predicted octanol–water partition coefficient (Wildman–Crippen LogP) is 3.29. The molecule has 0 radical (unpaired) electrons. The molecule has 2 aromatic rings. The van der Waals surface area contributed by atoms with Gasteiger partial charge in [-0.3, -0.25) is 0 Å². The third-order valence-electron chi connectivity index (χ3n) is 3.00. The first-order valence-corrected chi connectivity index (χ1v) is 7.61. The maximum Gasteiger partial charge on any atom is 0.340 e. The minimum Gasteiger partial charge on any atom is -0.322 e. The molecule has 0 bridgehead atoms. The van der Waals surface area contributed by atoms with Gasteiger partial charge in [-0.2, -0.15) is 0 Å². The molecular weight excluding hydrogens is 296 g/mol. The number of nitrogens with zero attached hydrogens (tertiary/aromatic N) is 4. The van der Waals surface area contributed by atoms with Crippen molar-refractivity contribution in [2.24, 2.45) is 10.1 Å². The van der Waals surface area contributed by atoms with Crippen molar-refractivity contribution >= 4 is 29.9 Å². The monoisotopic (exact) mass is 314 g/mol. The number of carbonyl (C=O) groups excluding carboxylic acids is 1. The molecule has 1 heterocycles. The van der Waals surface area contributed by atoms with Crippen LogP contribution in [-0.4, -0.2) is 42.6 Å². The van der Waals surface area contributed by atoms with E-state index in [9.17, 15) is 4.79 Å². The van der Waals surface area contributed by atoms with Crippen molar-refractivity contribution in [2.45, 2.75) is 6.54 Å².